The first-order chi connectivity index (χ1) is 14.6. The zero-order valence-corrected chi connectivity index (χ0v) is 20.9. The first-order valence-corrected chi connectivity index (χ1v) is 14.8. The summed E-state index contributed by atoms with van der Waals surface area (Å²) >= 11 is 0. The van der Waals surface area contributed by atoms with Crippen molar-refractivity contribution >= 4 is 39.7 Å². The molecule has 0 bridgehead atoms. The van der Waals surface area contributed by atoms with Crippen LogP contribution < -0.4 is 0 Å². The van der Waals surface area contributed by atoms with Gasteiger partial charge in [-0.1, -0.05) is 147 Å². The van der Waals surface area contributed by atoms with E-state index in [0.717, 1.165) is 12.8 Å². The summed E-state index contributed by atoms with van der Waals surface area (Å²) in [5, 5.41) is 0. The molecular formula is C26H53NaO3S. The summed E-state index contributed by atoms with van der Waals surface area (Å²) in [6, 6.07) is 0. The maximum atomic E-state index is 10.6. The van der Waals surface area contributed by atoms with Crippen LogP contribution in [0.1, 0.15) is 148 Å². The van der Waals surface area contributed by atoms with Gasteiger partial charge >= 0.3 is 29.6 Å². The molecule has 0 aliphatic carbocycles. The average Bonchev–Trinajstić information content (AvgIpc) is 2.70. The van der Waals surface area contributed by atoms with Gasteiger partial charge in [0.25, 0.3) is 10.1 Å². The van der Waals surface area contributed by atoms with Crippen molar-refractivity contribution < 1.29 is 13.0 Å². The van der Waals surface area contributed by atoms with Crippen molar-refractivity contribution in [3.05, 3.63) is 12.2 Å². The normalized spacial score (nSPS) is 11.8. The number of unbranched alkanes of at least 4 members (excludes halogenated alkanes) is 21. The second-order valence-corrected chi connectivity index (χ2v) is 10.6. The first-order valence-electron chi connectivity index (χ1n) is 13.2. The van der Waals surface area contributed by atoms with Crippen LogP contribution in [-0.4, -0.2) is 48.3 Å². The SMILES string of the molecule is CCCCCCCCCCCCCCCCCCCCCCCC=CCS(=O)(=O)O.[NaH]. The third-order valence-corrected chi connectivity index (χ3v) is 6.56. The summed E-state index contributed by atoms with van der Waals surface area (Å²) < 4.78 is 29.7. The zero-order chi connectivity index (χ0) is 22.2. The molecule has 0 aromatic carbocycles. The van der Waals surface area contributed by atoms with Crippen LogP contribution in [0.4, 0.5) is 0 Å². The predicted octanol–water partition coefficient (Wildman–Crippen LogP) is 8.38. The number of allylic oxidation sites excluding steroid dienone is 1. The molecule has 0 aliphatic heterocycles. The molecule has 1 N–H and O–H groups in total. The summed E-state index contributed by atoms with van der Waals surface area (Å²) in [5.74, 6) is -0.258. The van der Waals surface area contributed by atoms with Crippen molar-refractivity contribution in [2.24, 2.45) is 0 Å². The standard InChI is InChI=1S/C26H52O3S.Na.H/c1-2-3-4-5-6-7-8-9-10-11-12-13-14-15-16-17-18-19-20-21-22-23-24-25-26-30(27,28)29;;/h24-25H,2-23,26H2,1H3,(H,27,28,29);;. The molecule has 0 aromatic heterocycles. The van der Waals surface area contributed by atoms with Gasteiger partial charge in [0.05, 0.1) is 5.75 Å². The average molecular weight is 469 g/mol. The van der Waals surface area contributed by atoms with E-state index in [2.05, 4.69) is 6.92 Å². The number of hydrogen-bond donors (Lipinski definition) is 1. The van der Waals surface area contributed by atoms with Gasteiger partial charge in [0.15, 0.2) is 0 Å². The Labute approximate surface area is 217 Å². The Morgan fingerprint density at radius 2 is 0.806 bits per heavy atom. The van der Waals surface area contributed by atoms with E-state index in [9.17, 15) is 8.42 Å². The Kier molecular flexibility index (Phi) is 29.3. The molecule has 0 unspecified atom stereocenters. The molecular weight excluding hydrogens is 415 g/mol. The van der Waals surface area contributed by atoms with Crippen LogP contribution >= 0.6 is 0 Å². The van der Waals surface area contributed by atoms with Crippen LogP contribution in [0.15, 0.2) is 12.2 Å². The molecule has 0 atom stereocenters. The molecule has 0 saturated heterocycles. The van der Waals surface area contributed by atoms with Crippen molar-refractivity contribution in [2.45, 2.75) is 148 Å². The van der Waals surface area contributed by atoms with Crippen molar-refractivity contribution in [3.63, 3.8) is 0 Å². The number of hydrogen-bond acceptors (Lipinski definition) is 2. The fraction of sp³-hybridized carbons (Fsp3) is 0.923. The van der Waals surface area contributed by atoms with E-state index in [-0.39, 0.29) is 35.3 Å². The summed E-state index contributed by atoms with van der Waals surface area (Å²) in [6.07, 6.45) is 33.5. The molecule has 31 heavy (non-hydrogen) atoms. The van der Waals surface area contributed by atoms with E-state index in [1.807, 2.05) is 6.08 Å². The first kappa shape index (κ1) is 33.8. The molecule has 0 saturated carbocycles. The molecule has 0 spiro atoms. The van der Waals surface area contributed by atoms with Gasteiger partial charge in [-0.05, 0) is 12.8 Å². The van der Waals surface area contributed by atoms with Crippen LogP contribution in [-0.2, 0) is 10.1 Å². The van der Waals surface area contributed by atoms with Crippen molar-refractivity contribution in [2.75, 3.05) is 5.75 Å². The van der Waals surface area contributed by atoms with Gasteiger partial charge in [0, 0.05) is 0 Å². The van der Waals surface area contributed by atoms with E-state index in [4.69, 9.17) is 4.55 Å². The fourth-order valence-corrected chi connectivity index (χ4v) is 4.38. The van der Waals surface area contributed by atoms with Crippen molar-refractivity contribution in [3.8, 4) is 0 Å². The van der Waals surface area contributed by atoms with Crippen LogP contribution in [0.5, 0.6) is 0 Å². The third kappa shape index (κ3) is 32.9. The minimum atomic E-state index is -3.84. The Bertz CT molecular complexity index is 463. The zero-order valence-electron chi connectivity index (χ0n) is 20.1. The van der Waals surface area contributed by atoms with Crippen LogP contribution in [0.3, 0.4) is 0 Å². The Morgan fingerprint density at radius 3 is 1.10 bits per heavy atom. The molecule has 5 heteroatoms. The monoisotopic (exact) mass is 468 g/mol. The molecule has 0 amide bonds. The second-order valence-electron chi connectivity index (χ2n) is 9.08. The Balaban J connectivity index is 0. The van der Waals surface area contributed by atoms with E-state index in [0.29, 0.717) is 0 Å². The molecule has 0 aliphatic rings. The molecule has 0 heterocycles. The number of rotatable bonds is 24. The van der Waals surface area contributed by atoms with Gasteiger partial charge < -0.3 is 0 Å². The Morgan fingerprint density at radius 1 is 0.516 bits per heavy atom. The van der Waals surface area contributed by atoms with E-state index < -0.39 is 10.1 Å². The predicted molar refractivity (Wildman–Crippen MR) is 140 cm³/mol. The Hall–Kier alpha value is 0.650. The topological polar surface area (TPSA) is 54.4 Å². The fourth-order valence-electron chi connectivity index (χ4n) is 4.00. The van der Waals surface area contributed by atoms with E-state index in [1.165, 1.54) is 128 Å². The molecule has 0 radical (unpaired) electrons. The van der Waals surface area contributed by atoms with Gasteiger partial charge in [-0.15, -0.1) is 0 Å². The van der Waals surface area contributed by atoms with E-state index in [1.54, 1.807) is 6.08 Å². The molecule has 0 aromatic rings. The van der Waals surface area contributed by atoms with E-state index >= 15 is 0 Å². The van der Waals surface area contributed by atoms with Crippen molar-refractivity contribution in [1.82, 2.24) is 0 Å². The van der Waals surface area contributed by atoms with Gasteiger partial charge in [0.2, 0.25) is 0 Å². The summed E-state index contributed by atoms with van der Waals surface area (Å²) in [6.45, 7) is 2.29. The molecule has 182 valence electrons. The minimum absolute atomic E-state index is 0. The van der Waals surface area contributed by atoms with Crippen LogP contribution in [0.25, 0.3) is 0 Å². The molecule has 3 nitrogen and oxygen atoms in total. The van der Waals surface area contributed by atoms with Gasteiger partial charge in [-0.25, -0.2) is 0 Å². The second kappa shape index (κ2) is 26.9. The quantitative estimate of drug-likeness (QED) is 0.0669. The summed E-state index contributed by atoms with van der Waals surface area (Å²) in [4.78, 5) is 0. The summed E-state index contributed by atoms with van der Waals surface area (Å²) in [5.41, 5.74) is 0. The van der Waals surface area contributed by atoms with Crippen LogP contribution in [0, 0.1) is 0 Å². The van der Waals surface area contributed by atoms with Crippen molar-refractivity contribution in [1.29, 1.82) is 0 Å². The molecule has 0 fully saturated rings. The molecule has 0 rings (SSSR count). The summed E-state index contributed by atoms with van der Waals surface area (Å²) in [7, 11) is -3.84. The van der Waals surface area contributed by atoms with Gasteiger partial charge in [0.1, 0.15) is 0 Å². The van der Waals surface area contributed by atoms with Crippen LogP contribution in [0.2, 0.25) is 0 Å². The van der Waals surface area contributed by atoms with Gasteiger partial charge in [-0.3, -0.25) is 4.55 Å². The third-order valence-electron chi connectivity index (χ3n) is 5.95. The maximum absolute atomic E-state index is 10.6. The van der Waals surface area contributed by atoms with Gasteiger partial charge in [-0.2, -0.15) is 8.42 Å².